The van der Waals surface area contributed by atoms with Crippen molar-refractivity contribution >= 4 is 34.1 Å². The standard InChI is InChI=1S/C15H10N4O3S/c16-5-10(17)11-7-23-14(18-11)13(20)9-6-19(15(21)22)12-4-2-1-3-8(9)12/h1-4,6-7,10H,17H2,(H,21,22). The van der Waals surface area contributed by atoms with Crippen molar-refractivity contribution in [2.24, 2.45) is 5.73 Å². The number of ketones is 1. The van der Waals surface area contributed by atoms with Crippen LogP contribution < -0.4 is 5.73 Å². The summed E-state index contributed by atoms with van der Waals surface area (Å²) in [6.07, 6.45) is 0.104. The summed E-state index contributed by atoms with van der Waals surface area (Å²) in [6.45, 7) is 0. The van der Waals surface area contributed by atoms with Crippen molar-refractivity contribution in [1.82, 2.24) is 9.55 Å². The maximum absolute atomic E-state index is 12.6. The van der Waals surface area contributed by atoms with Crippen molar-refractivity contribution in [3.05, 3.63) is 52.1 Å². The monoisotopic (exact) mass is 326 g/mol. The predicted molar refractivity (Wildman–Crippen MR) is 83.4 cm³/mol. The first kappa shape index (κ1) is 14.9. The molecule has 0 amide bonds. The van der Waals surface area contributed by atoms with E-state index in [2.05, 4.69) is 4.98 Å². The number of thiazole rings is 1. The summed E-state index contributed by atoms with van der Waals surface area (Å²) in [6, 6.07) is 7.68. The van der Waals surface area contributed by atoms with Crippen LogP contribution in [0.25, 0.3) is 10.9 Å². The van der Waals surface area contributed by atoms with E-state index >= 15 is 0 Å². The number of rotatable bonds is 3. The number of hydrogen-bond donors (Lipinski definition) is 2. The summed E-state index contributed by atoms with van der Waals surface area (Å²) >= 11 is 1.07. The van der Waals surface area contributed by atoms with Crippen molar-refractivity contribution in [3.8, 4) is 6.07 Å². The summed E-state index contributed by atoms with van der Waals surface area (Å²) in [7, 11) is 0. The molecule has 0 saturated heterocycles. The highest BCUT2D eigenvalue weighted by Gasteiger charge is 2.22. The smallest absolute Gasteiger partial charge is 0.416 e. The molecule has 0 fully saturated rings. The zero-order valence-corrected chi connectivity index (χ0v) is 12.4. The summed E-state index contributed by atoms with van der Waals surface area (Å²) < 4.78 is 0.998. The maximum atomic E-state index is 12.6. The average molecular weight is 326 g/mol. The lowest BCUT2D eigenvalue weighted by Gasteiger charge is -1.96. The molecule has 114 valence electrons. The molecule has 0 aliphatic carbocycles. The Morgan fingerprint density at radius 2 is 2.13 bits per heavy atom. The number of fused-ring (bicyclic) bond motifs is 1. The number of carboxylic acid groups (broad SMARTS) is 1. The molecule has 1 aromatic carbocycles. The Morgan fingerprint density at radius 3 is 2.83 bits per heavy atom. The molecule has 1 atom stereocenters. The number of para-hydroxylation sites is 1. The fraction of sp³-hybridized carbons (Fsp3) is 0.0667. The molecule has 1 unspecified atom stereocenters. The Hall–Kier alpha value is -3.02. The molecular weight excluding hydrogens is 316 g/mol. The van der Waals surface area contributed by atoms with Crippen molar-refractivity contribution in [3.63, 3.8) is 0 Å². The number of benzene rings is 1. The van der Waals surface area contributed by atoms with Gasteiger partial charge in [-0.2, -0.15) is 5.26 Å². The molecule has 3 rings (SSSR count). The van der Waals surface area contributed by atoms with Gasteiger partial charge in [0.25, 0.3) is 0 Å². The Labute approximate surface area is 134 Å². The van der Waals surface area contributed by atoms with Crippen LogP contribution in [-0.4, -0.2) is 26.5 Å². The predicted octanol–water partition coefficient (Wildman–Crippen LogP) is 2.38. The highest BCUT2D eigenvalue weighted by molar-refractivity contribution is 7.12. The van der Waals surface area contributed by atoms with E-state index < -0.39 is 17.9 Å². The minimum Gasteiger partial charge on any atom is -0.464 e. The minimum absolute atomic E-state index is 0.166. The largest absolute Gasteiger partial charge is 0.464 e. The Balaban J connectivity index is 2.10. The summed E-state index contributed by atoms with van der Waals surface area (Å²) in [5.41, 5.74) is 6.56. The van der Waals surface area contributed by atoms with Gasteiger partial charge in [-0.3, -0.25) is 9.36 Å². The third-order valence-corrected chi connectivity index (χ3v) is 4.20. The quantitative estimate of drug-likeness (QED) is 0.712. The summed E-state index contributed by atoms with van der Waals surface area (Å²) in [4.78, 5) is 28.0. The van der Waals surface area contributed by atoms with Gasteiger partial charge in [0.1, 0.15) is 6.04 Å². The molecule has 0 aliphatic rings. The molecule has 0 spiro atoms. The number of nitrogens with zero attached hydrogens (tertiary/aromatic N) is 3. The first-order valence-corrected chi connectivity index (χ1v) is 7.39. The van der Waals surface area contributed by atoms with Gasteiger partial charge in [0, 0.05) is 17.0 Å². The van der Waals surface area contributed by atoms with E-state index in [1.807, 2.05) is 6.07 Å². The number of nitriles is 1. The SMILES string of the molecule is N#CC(N)c1csc(C(=O)c2cn(C(=O)O)c3ccccc23)n1. The molecule has 8 heteroatoms. The van der Waals surface area contributed by atoms with E-state index in [4.69, 9.17) is 11.0 Å². The number of hydrogen-bond acceptors (Lipinski definition) is 6. The molecule has 23 heavy (non-hydrogen) atoms. The molecular formula is C15H10N4O3S. The zero-order valence-electron chi connectivity index (χ0n) is 11.6. The lowest BCUT2D eigenvalue weighted by atomic mass is 10.1. The molecule has 0 saturated carbocycles. The Bertz CT molecular complexity index is 967. The van der Waals surface area contributed by atoms with E-state index in [0.29, 0.717) is 16.6 Å². The topological polar surface area (TPSA) is 122 Å². The molecule has 0 bridgehead atoms. The Morgan fingerprint density at radius 1 is 1.39 bits per heavy atom. The molecule has 3 aromatic rings. The number of carbonyl (C=O) groups is 2. The third-order valence-electron chi connectivity index (χ3n) is 3.34. The van der Waals surface area contributed by atoms with E-state index in [9.17, 15) is 14.7 Å². The van der Waals surface area contributed by atoms with Gasteiger partial charge in [0.15, 0.2) is 5.01 Å². The van der Waals surface area contributed by atoms with Gasteiger partial charge in [-0.1, -0.05) is 18.2 Å². The van der Waals surface area contributed by atoms with Crippen molar-refractivity contribution < 1.29 is 14.7 Å². The number of nitrogens with two attached hydrogens (primary N) is 1. The van der Waals surface area contributed by atoms with Crippen molar-refractivity contribution in [1.29, 1.82) is 5.26 Å². The molecule has 3 N–H and O–H groups in total. The van der Waals surface area contributed by atoms with Gasteiger partial charge in [0.05, 0.1) is 22.8 Å². The minimum atomic E-state index is -1.17. The van der Waals surface area contributed by atoms with Crippen LogP contribution in [0.1, 0.15) is 27.1 Å². The van der Waals surface area contributed by atoms with Gasteiger partial charge in [-0.15, -0.1) is 11.3 Å². The van der Waals surface area contributed by atoms with E-state index in [1.54, 1.807) is 29.6 Å². The highest BCUT2D eigenvalue weighted by Crippen LogP contribution is 2.25. The molecule has 2 heterocycles. The molecule has 0 aliphatic heterocycles. The van der Waals surface area contributed by atoms with Crippen molar-refractivity contribution in [2.75, 3.05) is 0 Å². The first-order valence-electron chi connectivity index (χ1n) is 6.51. The number of aromatic nitrogens is 2. The van der Waals surface area contributed by atoms with E-state index in [0.717, 1.165) is 15.9 Å². The number of carbonyl (C=O) groups excluding carboxylic acids is 1. The summed E-state index contributed by atoms with van der Waals surface area (Å²) in [5, 5.41) is 20.3. The average Bonchev–Trinajstić information content (AvgIpc) is 3.18. The van der Waals surface area contributed by atoms with Crippen LogP contribution in [0.3, 0.4) is 0 Å². The van der Waals surface area contributed by atoms with Gasteiger partial charge >= 0.3 is 6.09 Å². The van der Waals surface area contributed by atoms with Gasteiger partial charge in [-0.05, 0) is 6.07 Å². The fourth-order valence-corrected chi connectivity index (χ4v) is 3.04. The lowest BCUT2D eigenvalue weighted by molar-refractivity contribution is 0.103. The lowest BCUT2D eigenvalue weighted by Crippen LogP contribution is -2.09. The van der Waals surface area contributed by atoms with Crippen LogP contribution in [-0.2, 0) is 0 Å². The van der Waals surface area contributed by atoms with E-state index in [-0.39, 0.29) is 10.6 Å². The second-order valence-electron chi connectivity index (χ2n) is 4.73. The van der Waals surface area contributed by atoms with Crippen LogP contribution >= 0.6 is 11.3 Å². The molecule has 2 aromatic heterocycles. The van der Waals surface area contributed by atoms with Gasteiger partial charge in [-0.25, -0.2) is 9.78 Å². The maximum Gasteiger partial charge on any atom is 0.416 e. The molecule has 7 nitrogen and oxygen atoms in total. The normalized spacial score (nSPS) is 12.0. The van der Waals surface area contributed by atoms with Crippen LogP contribution in [0.4, 0.5) is 4.79 Å². The Kier molecular flexibility index (Phi) is 3.65. The van der Waals surface area contributed by atoms with Crippen LogP contribution in [0.5, 0.6) is 0 Å². The van der Waals surface area contributed by atoms with Gasteiger partial charge < -0.3 is 10.8 Å². The highest BCUT2D eigenvalue weighted by atomic mass is 32.1. The van der Waals surface area contributed by atoms with Crippen LogP contribution in [0.15, 0.2) is 35.8 Å². The van der Waals surface area contributed by atoms with Crippen molar-refractivity contribution in [2.45, 2.75) is 6.04 Å². The summed E-state index contributed by atoms with van der Waals surface area (Å²) in [5.74, 6) is -0.400. The second-order valence-corrected chi connectivity index (χ2v) is 5.58. The molecule has 0 radical (unpaired) electrons. The third kappa shape index (κ3) is 2.48. The first-order chi connectivity index (χ1) is 11.0. The fourth-order valence-electron chi connectivity index (χ4n) is 2.23. The van der Waals surface area contributed by atoms with Crippen LogP contribution in [0.2, 0.25) is 0 Å². The second kappa shape index (κ2) is 5.64. The zero-order chi connectivity index (χ0) is 16.6. The van der Waals surface area contributed by atoms with E-state index in [1.165, 1.54) is 6.20 Å². The van der Waals surface area contributed by atoms with Gasteiger partial charge in [0.2, 0.25) is 5.78 Å². The van der Waals surface area contributed by atoms with Crippen LogP contribution in [0, 0.1) is 11.3 Å².